The summed E-state index contributed by atoms with van der Waals surface area (Å²) in [5, 5.41) is 19.8. The third kappa shape index (κ3) is 6.06. The molecule has 4 rings (SSSR count). The van der Waals surface area contributed by atoms with Crippen molar-refractivity contribution in [3.05, 3.63) is 76.4 Å². The van der Waals surface area contributed by atoms with Gasteiger partial charge < -0.3 is 4.74 Å². The third-order valence-electron chi connectivity index (χ3n) is 5.86. The van der Waals surface area contributed by atoms with Crippen LogP contribution in [0, 0.1) is 11.3 Å². The van der Waals surface area contributed by atoms with Gasteiger partial charge in [0.1, 0.15) is 38.1 Å². The molecule has 2 heterocycles. The third-order valence-corrected chi connectivity index (χ3v) is 6.40. The summed E-state index contributed by atoms with van der Waals surface area (Å²) >= 11 is 16.2. The van der Waals surface area contributed by atoms with E-state index in [1.165, 1.54) is 7.05 Å². The van der Waals surface area contributed by atoms with Gasteiger partial charge >= 0.3 is 0 Å². The van der Waals surface area contributed by atoms with E-state index in [0.29, 0.717) is 33.2 Å². The number of quaternary nitrogens is 1. The number of halogens is 2. The highest BCUT2D eigenvalue weighted by atomic mass is 35.5. The van der Waals surface area contributed by atoms with Crippen LogP contribution in [0.15, 0.2) is 54.7 Å². The maximum absolute atomic E-state index is 9.74. The summed E-state index contributed by atoms with van der Waals surface area (Å²) in [7, 11) is 1.42. The molecule has 0 amide bonds. The highest BCUT2D eigenvalue weighted by molar-refractivity contribution is 7.74. The molecule has 0 spiro atoms. The fraction of sp³-hybridized carbons (Fsp3) is 0.231. The minimum Gasteiger partial charge on any atom is -0.489 e. The minimum absolute atomic E-state index is 0.229. The minimum atomic E-state index is -0.796. The van der Waals surface area contributed by atoms with Crippen LogP contribution in [0.5, 0.6) is 5.75 Å². The molecule has 0 fully saturated rings. The van der Waals surface area contributed by atoms with E-state index >= 15 is 0 Å². The largest absolute Gasteiger partial charge is 0.489 e. The maximum atomic E-state index is 9.74. The predicted octanol–water partition coefficient (Wildman–Crippen LogP) is 6.17. The smallest absolute Gasteiger partial charge is 0.273 e. The molecule has 11 heteroatoms. The number of pyridine rings is 1. The number of nitrogens with zero attached hydrogens (tertiary/aromatic N) is 5. The second-order valence-electron chi connectivity index (χ2n) is 9.01. The van der Waals surface area contributed by atoms with E-state index in [2.05, 4.69) is 53.1 Å². The van der Waals surface area contributed by atoms with Gasteiger partial charge in [0, 0.05) is 11.0 Å². The van der Waals surface area contributed by atoms with Crippen LogP contribution >= 0.6 is 36.0 Å². The highest BCUT2D eigenvalue weighted by Gasteiger charge is 2.26. The topological polar surface area (TPSA) is 104 Å². The van der Waals surface area contributed by atoms with Crippen molar-refractivity contribution in [3.63, 3.8) is 0 Å². The van der Waals surface area contributed by atoms with Crippen molar-refractivity contribution in [2.24, 2.45) is 0 Å². The van der Waals surface area contributed by atoms with E-state index < -0.39 is 9.58 Å². The van der Waals surface area contributed by atoms with Crippen LogP contribution in [-0.4, -0.2) is 43.9 Å². The van der Waals surface area contributed by atoms with E-state index in [1.54, 1.807) is 6.20 Å². The van der Waals surface area contributed by atoms with Crippen LogP contribution < -0.4 is 10.2 Å². The number of ether oxygens (including phenoxy) is 1. The number of anilines is 1. The Hall–Kier alpha value is -3.13. The molecule has 0 aliphatic rings. The molecule has 37 heavy (non-hydrogen) atoms. The van der Waals surface area contributed by atoms with Crippen molar-refractivity contribution in [1.82, 2.24) is 15.0 Å². The standard InChI is InChI=1S/C26H25Cl2N6O2S/c1-26(2,19-12-17(14-29)24(20(28)13-19)36-11-10-27)18-6-4-16(5-7-18)21-8-9-22-23(31-21)15-30-25(32-22)33-34(3,35)37/h4-9,12-13,15,35,37H,10-11H2,1-3H3,(H,30,32,33)/q+1. The van der Waals surface area contributed by atoms with Crippen molar-refractivity contribution in [3.8, 4) is 23.1 Å². The first-order chi connectivity index (χ1) is 17.5. The highest BCUT2D eigenvalue weighted by Crippen LogP contribution is 2.38. The summed E-state index contributed by atoms with van der Waals surface area (Å²) in [5.41, 5.74) is 7.47. The number of thiol groups is 1. The molecular weight excluding hydrogens is 531 g/mol. The Kier molecular flexibility index (Phi) is 7.78. The van der Waals surface area contributed by atoms with Gasteiger partial charge in [-0.05, 0) is 39.6 Å². The van der Waals surface area contributed by atoms with Crippen molar-refractivity contribution >= 4 is 53.0 Å². The summed E-state index contributed by atoms with van der Waals surface area (Å²) in [6.45, 7) is 4.42. The van der Waals surface area contributed by atoms with Gasteiger partial charge in [-0.25, -0.2) is 15.0 Å². The summed E-state index contributed by atoms with van der Waals surface area (Å²) in [6, 6.07) is 17.6. The second-order valence-corrected chi connectivity index (χ2v) is 10.6. The van der Waals surface area contributed by atoms with Crippen molar-refractivity contribution in [2.75, 3.05) is 25.0 Å². The molecule has 0 saturated heterocycles. The van der Waals surface area contributed by atoms with Crippen molar-refractivity contribution in [2.45, 2.75) is 19.3 Å². The van der Waals surface area contributed by atoms with Crippen LogP contribution in [0.25, 0.3) is 22.3 Å². The van der Waals surface area contributed by atoms with Crippen molar-refractivity contribution in [1.29, 1.82) is 5.26 Å². The zero-order chi connectivity index (χ0) is 26.8. The molecule has 4 aromatic rings. The number of hydrogen-bond donors (Lipinski definition) is 3. The van der Waals surface area contributed by atoms with Gasteiger partial charge in [0.2, 0.25) is 0 Å². The number of nitrogens with one attached hydrogen (secondary N) is 1. The molecule has 2 aromatic carbocycles. The van der Waals surface area contributed by atoms with Gasteiger partial charge in [-0.1, -0.05) is 49.7 Å². The SMILES string of the molecule is CC(C)(c1ccc(-c2ccc3nc(N[N+](C)(O)S)ncc3n2)cc1)c1cc(Cl)c(OCCCl)c(C#N)c1. The summed E-state index contributed by atoms with van der Waals surface area (Å²) in [5.74, 6) is 0.882. The van der Waals surface area contributed by atoms with E-state index in [1.807, 2.05) is 48.5 Å². The molecule has 190 valence electrons. The van der Waals surface area contributed by atoms with Crippen LogP contribution in [0.4, 0.5) is 5.95 Å². The Labute approximate surface area is 230 Å². The van der Waals surface area contributed by atoms with Crippen LogP contribution in [0.3, 0.4) is 0 Å². The van der Waals surface area contributed by atoms with E-state index in [0.717, 1.165) is 22.4 Å². The quantitative estimate of drug-likeness (QED) is 0.103. The van der Waals surface area contributed by atoms with Gasteiger partial charge in [0.15, 0.2) is 5.75 Å². The number of nitriles is 1. The van der Waals surface area contributed by atoms with E-state index in [9.17, 15) is 10.5 Å². The average molecular weight is 556 g/mol. The molecule has 8 nitrogen and oxygen atoms in total. The number of benzene rings is 2. The van der Waals surface area contributed by atoms with Crippen LogP contribution in [0.1, 0.15) is 30.5 Å². The number of alkyl halides is 1. The normalized spacial score (nSPS) is 13.1. The molecule has 0 aliphatic carbocycles. The van der Waals surface area contributed by atoms with E-state index in [-0.39, 0.29) is 12.6 Å². The number of aromatic nitrogens is 3. The average Bonchev–Trinajstić information content (AvgIpc) is 2.86. The van der Waals surface area contributed by atoms with Crippen molar-refractivity contribution < 1.29 is 14.1 Å². The van der Waals surface area contributed by atoms with Gasteiger partial charge in [-0.2, -0.15) is 15.9 Å². The van der Waals surface area contributed by atoms with Crippen LogP contribution in [0.2, 0.25) is 5.02 Å². The Balaban J connectivity index is 1.61. The lowest BCUT2D eigenvalue weighted by Crippen LogP contribution is -2.36. The molecule has 0 radical (unpaired) electrons. The molecule has 1 unspecified atom stereocenters. The number of hydrogen-bond acceptors (Lipinski definition) is 8. The number of rotatable bonds is 8. The summed E-state index contributed by atoms with van der Waals surface area (Å²) in [4.78, 5) is 13.2. The fourth-order valence-corrected chi connectivity index (χ4v) is 4.32. The lowest BCUT2D eigenvalue weighted by Gasteiger charge is -2.27. The lowest BCUT2D eigenvalue weighted by atomic mass is 9.77. The molecule has 1 atom stereocenters. The number of fused-ring (bicyclic) bond motifs is 1. The first kappa shape index (κ1) is 26.9. The molecule has 0 bridgehead atoms. The van der Waals surface area contributed by atoms with Gasteiger partial charge in [-0.15, -0.1) is 11.6 Å². The fourth-order valence-electron chi connectivity index (χ4n) is 3.88. The lowest BCUT2D eigenvalue weighted by molar-refractivity contribution is -0.955. The zero-order valence-electron chi connectivity index (χ0n) is 20.4. The zero-order valence-corrected chi connectivity index (χ0v) is 22.8. The first-order valence-corrected chi connectivity index (χ1v) is 12.6. The van der Waals surface area contributed by atoms with Crippen LogP contribution in [-0.2, 0) is 5.41 Å². The summed E-state index contributed by atoms with van der Waals surface area (Å²) in [6.07, 6.45) is 1.59. The van der Waals surface area contributed by atoms with Gasteiger partial charge in [0.05, 0.1) is 33.9 Å². The van der Waals surface area contributed by atoms with Gasteiger partial charge in [0.25, 0.3) is 5.95 Å². The number of hydroxylamine groups is 1. The molecule has 0 saturated carbocycles. The Morgan fingerprint density at radius 3 is 2.49 bits per heavy atom. The summed E-state index contributed by atoms with van der Waals surface area (Å²) < 4.78 is 4.79. The van der Waals surface area contributed by atoms with Gasteiger partial charge in [-0.3, -0.25) is 0 Å². The molecular formula is C26H25Cl2N6O2S+. The molecule has 2 N–H and O–H groups in total. The Morgan fingerprint density at radius 2 is 1.84 bits per heavy atom. The molecule has 2 aromatic heterocycles. The van der Waals surface area contributed by atoms with E-state index in [4.69, 9.17) is 27.9 Å². The monoisotopic (exact) mass is 555 g/mol. The molecule has 0 aliphatic heterocycles. The Morgan fingerprint density at radius 1 is 1.11 bits per heavy atom. The predicted molar refractivity (Wildman–Crippen MR) is 148 cm³/mol. The first-order valence-electron chi connectivity index (χ1n) is 11.3. The second kappa shape index (κ2) is 10.7. The Bertz CT molecular complexity index is 1480. The maximum Gasteiger partial charge on any atom is 0.273 e.